The average Bonchev–Trinajstić information content (AvgIpc) is 2.83. The van der Waals surface area contributed by atoms with E-state index in [1.54, 1.807) is 13.0 Å². The van der Waals surface area contributed by atoms with Gasteiger partial charge in [0.25, 0.3) is 10.0 Å². The molecule has 0 saturated heterocycles. The summed E-state index contributed by atoms with van der Waals surface area (Å²) in [5.41, 5.74) is 0. The van der Waals surface area contributed by atoms with Crippen molar-refractivity contribution in [2.45, 2.75) is 44.6 Å². The van der Waals surface area contributed by atoms with Gasteiger partial charge in [-0.3, -0.25) is 0 Å². The largest absolute Gasteiger partial charge is 0.447 e. The summed E-state index contributed by atoms with van der Waals surface area (Å²) in [5, 5.41) is 3.08. The minimum absolute atomic E-state index is 0.0728. The molecule has 1 unspecified atom stereocenters. The van der Waals surface area contributed by atoms with Gasteiger partial charge in [0, 0.05) is 19.7 Å². The van der Waals surface area contributed by atoms with Crippen molar-refractivity contribution in [3.8, 4) is 0 Å². The number of rotatable bonds is 8. The quantitative estimate of drug-likeness (QED) is 0.749. The van der Waals surface area contributed by atoms with Crippen LogP contribution in [-0.4, -0.2) is 34.2 Å². The standard InChI is InChI=1S/C12H22N2O4S/c1-9(2)13-8-11-5-6-12(18-11)19(15,16)14-7-10(3)17-4/h5-6,9-10,13-14H,7-8H2,1-4H3. The van der Waals surface area contributed by atoms with Crippen LogP contribution in [0.15, 0.2) is 21.6 Å². The Morgan fingerprint density at radius 1 is 1.32 bits per heavy atom. The molecule has 0 bridgehead atoms. The Bertz CT molecular complexity index is 482. The Hall–Kier alpha value is -0.890. The second-order valence-corrected chi connectivity index (χ2v) is 6.35. The van der Waals surface area contributed by atoms with Crippen LogP contribution in [0.1, 0.15) is 26.5 Å². The fourth-order valence-electron chi connectivity index (χ4n) is 1.28. The molecule has 0 aliphatic rings. The highest BCUT2D eigenvalue weighted by atomic mass is 32.2. The van der Waals surface area contributed by atoms with E-state index in [0.717, 1.165) is 0 Å². The zero-order chi connectivity index (χ0) is 14.5. The highest BCUT2D eigenvalue weighted by molar-refractivity contribution is 7.89. The van der Waals surface area contributed by atoms with Crippen molar-refractivity contribution in [3.05, 3.63) is 17.9 Å². The third-order valence-electron chi connectivity index (χ3n) is 2.55. The number of hydrogen-bond acceptors (Lipinski definition) is 5. The van der Waals surface area contributed by atoms with E-state index in [2.05, 4.69) is 10.0 Å². The maximum absolute atomic E-state index is 11.9. The van der Waals surface area contributed by atoms with E-state index in [1.807, 2.05) is 13.8 Å². The molecular formula is C12H22N2O4S. The van der Waals surface area contributed by atoms with Crippen molar-refractivity contribution in [2.75, 3.05) is 13.7 Å². The van der Waals surface area contributed by atoms with Gasteiger partial charge in [-0.15, -0.1) is 0 Å². The maximum atomic E-state index is 11.9. The van der Waals surface area contributed by atoms with Crippen molar-refractivity contribution >= 4 is 10.0 Å². The Morgan fingerprint density at radius 2 is 2.00 bits per heavy atom. The van der Waals surface area contributed by atoms with Gasteiger partial charge in [0.1, 0.15) is 5.76 Å². The van der Waals surface area contributed by atoms with Crippen LogP contribution in [0.2, 0.25) is 0 Å². The maximum Gasteiger partial charge on any atom is 0.274 e. The van der Waals surface area contributed by atoms with Crippen LogP contribution < -0.4 is 10.0 Å². The molecule has 2 N–H and O–H groups in total. The molecule has 1 heterocycles. The summed E-state index contributed by atoms with van der Waals surface area (Å²) >= 11 is 0. The van der Waals surface area contributed by atoms with Gasteiger partial charge >= 0.3 is 0 Å². The van der Waals surface area contributed by atoms with Crippen molar-refractivity contribution in [2.24, 2.45) is 0 Å². The van der Waals surface area contributed by atoms with Gasteiger partial charge in [-0.25, -0.2) is 13.1 Å². The lowest BCUT2D eigenvalue weighted by molar-refractivity contribution is 0.122. The van der Waals surface area contributed by atoms with Gasteiger partial charge in [0.15, 0.2) is 0 Å². The van der Waals surface area contributed by atoms with E-state index >= 15 is 0 Å². The fraction of sp³-hybridized carbons (Fsp3) is 0.667. The number of sulfonamides is 1. The molecule has 19 heavy (non-hydrogen) atoms. The van der Waals surface area contributed by atoms with Gasteiger partial charge in [-0.05, 0) is 19.1 Å². The van der Waals surface area contributed by atoms with E-state index in [-0.39, 0.29) is 17.7 Å². The minimum Gasteiger partial charge on any atom is -0.447 e. The molecule has 0 aliphatic carbocycles. The summed E-state index contributed by atoms with van der Waals surface area (Å²) in [6, 6.07) is 3.42. The molecule has 1 aromatic heterocycles. The summed E-state index contributed by atoms with van der Waals surface area (Å²) in [6.07, 6.45) is -0.188. The second-order valence-electron chi connectivity index (χ2n) is 4.65. The van der Waals surface area contributed by atoms with Crippen LogP contribution in [-0.2, 0) is 21.3 Å². The summed E-state index contributed by atoms with van der Waals surface area (Å²) in [7, 11) is -2.08. The van der Waals surface area contributed by atoms with E-state index in [4.69, 9.17) is 9.15 Å². The van der Waals surface area contributed by atoms with Gasteiger partial charge in [-0.2, -0.15) is 0 Å². The molecular weight excluding hydrogens is 268 g/mol. The summed E-state index contributed by atoms with van der Waals surface area (Å²) in [6.45, 7) is 6.51. The van der Waals surface area contributed by atoms with Crippen LogP contribution >= 0.6 is 0 Å². The summed E-state index contributed by atoms with van der Waals surface area (Å²) in [5.74, 6) is 0.592. The number of nitrogens with one attached hydrogen (secondary N) is 2. The molecule has 0 saturated carbocycles. The predicted molar refractivity (Wildman–Crippen MR) is 72.3 cm³/mol. The Labute approximate surface area is 114 Å². The number of hydrogen-bond donors (Lipinski definition) is 2. The zero-order valence-corrected chi connectivity index (χ0v) is 12.6. The fourth-order valence-corrected chi connectivity index (χ4v) is 2.34. The molecule has 0 amide bonds. The monoisotopic (exact) mass is 290 g/mol. The van der Waals surface area contributed by atoms with Crippen LogP contribution in [0, 0.1) is 0 Å². The molecule has 6 nitrogen and oxygen atoms in total. The Balaban J connectivity index is 2.63. The van der Waals surface area contributed by atoms with Crippen molar-refractivity contribution in [1.82, 2.24) is 10.0 Å². The van der Waals surface area contributed by atoms with Gasteiger partial charge in [-0.1, -0.05) is 13.8 Å². The molecule has 0 aliphatic heterocycles. The normalized spacial score (nSPS) is 13.9. The number of ether oxygens (including phenoxy) is 1. The molecule has 1 rings (SSSR count). The lowest BCUT2D eigenvalue weighted by Crippen LogP contribution is -2.31. The zero-order valence-electron chi connectivity index (χ0n) is 11.8. The first-order chi connectivity index (χ1) is 8.85. The van der Waals surface area contributed by atoms with Gasteiger partial charge in [0.05, 0.1) is 12.6 Å². The lowest BCUT2D eigenvalue weighted by Gasteiger charge is -2.10. The topological polar surface area (TPSA) is 80.6 Å². The summed E-state index contributed by atoms with van der Waals surface area (Å²) < 4.78 is 36.6. The van der Waals surface area contributed by atoms with Crippen molar-refractivity contribution in [3.63, 3.8) is 0 Å². The van der Waals surface area contributed by atoms with Crippen molar-refractivity contribution in [1.29, 1.82) is 0 Å². The molecule has 0 fully saturated rings. The molecule has 110 valence electrons. The molecule has 0 radical (unpaired) electrons. The van der Waals surface area contributed by atoms with Crippen LogP contribution in [0.3, 0.4) is 0 Å². The third-order valence-corrected chi connectivity index (χ3v) is 3.85. The average molecular weight is 290 g/mol. The Morgan fingerprint density at radius 3 is 2.58 bits per heavy atom. The van der Waals surface area contributed by atoms with E-state index in [0.29, 0.717) is 18.3 Å². The first kappa shape index (κ1) is 16.2. The molecule has 1 aromatic rings. The number of methoxy groups -OCH3 is 1. The molecule has 1 atom stereocenters. The SMILES string of the molecule is COC(C)CNS(=O)(=O)c1ccc(CNC(C)C)o1. The Kier molecular flexibility index (Phi) is 5.99. The van der Waals surface area contributed by atoms with Crippen molar-refractivity contribution < 1.29 is 17.6 Å². The van der Waals surface area contributed by atoms with E-state index < -0.39 is 10.0 Å². The van der Waals surface area contributed by atoms with E-state index in [9.17, 15) is 8.42 Å². The summed E-state index contributed by atoms with van der Waals surface area (Å²) in [4.78, 5) is 0. The highest BCUT2D eigenvalue weighted by Gasteiger charge is 2.19. The smallest absolute Gasteiger partial charge is 0.274 e. The molecule has 0 spiro atoms. The minimum atomic E-state index is -3.61. The molecule has 7 heteroatoms. The van der Waals surface area contributed by atoms with Crippen LogP contribution in [0.25, 0.3) is 0 Å². The van der Waals surface area contributed by atoms with Gasteiger partial charge in [0.2, 0.25) is 5.09 Å². The first-order valence-electron chi connectivity index (χ1n) is 6.19. The van der Waals surface area contributed by atoms with Gasteiger partial charge < -0.3 is 14.5 Å². The third kappa shape index (κ3) is 5.32. The molecule has 0 aromatic carbocycles. The predicted octanol–water partition coefficient (Wildman–Crippen LogP) is 1.09. The van der Waals surface area contributed by atoms with E-state index in [1.165, 1.54) is 13.2 Å². The lowest BCUT2D eigenvalue weighted by atomic mass is 10.3. The first-order valence-corrected chi connectivity index (χ1v) is 7.68. The van der Waals surface area contributed by atoms with Crippen LogP contribution in [0.4, 0.5) is 0 Å². The van der Waals surface area contributed by atoms with Crippen LogP contribution in [0.5, 0.6) is 0 Å². The highest BCUT2D eigenvalue weighted by Crippen LogP contribution is 2.13. The second kappa shape index (κ2) is 7.04. The number of furan rings is 1.